The number of ether oxygens (including phenoxy) is 1. The van der Waals surface area contributed by atoms with Crippen LogP contribution >= 0.6 is 0 Å². The quantitative estimate of drug-likeness (QED) is 0.819. The molecule has 0 aliphatic rings. The van der Waals surface area contributed by atoms with Gasteiger partial charge in [-0.25, -0.2) is 0 Å². The van der Waals surface area contributed by atoms with Gasteiger partial charge in [-0.1, -0.05) is 25.1 Å². The molecule has 0 heterocycles. The number of hydrogen-bond donors (Lipinski definition) is 1. The number of rotatable bonds is 7. The molecule has 0 fully saturated rings. The van der Waals surface area contributed by atoms with Gasteiger partial charge in [0.05, 0.1) is 7.11 Å². The Balaban J connectivity index is 2.99. The molecular formula is C16H28N2O. The van der Waals surface area contributed by atoms with Crippen LogP contribution < -0.4 is 10.1 Å². The second-order valence-electron chi connectivity index (χ2n) is 5.46. The van der Waals surface area contributed by atoms with Gasteiger partial charge in [-0.2, -0.15) is 0 Å². The Morgan fingerprint density at radius 1 is 1.32 bits per heavy atom. The second kappa shape index (κ2) is 6.92. The minimum absolute atomic E-state index is 0.121. The molecule has 0 aliphatic carbocycles. The van der Waals surface area contributed by atoms with Gasteiger partial charge in [0.1, 0.15) is 5.75 Å². The second-order valence-corrected chi connectivity index (χ2v) is 5.46. The molecule has 0 spiro atoms. The minimum atomic E-state index is 0.121. The first-order chi connectivity index (χ1) is 8.99. The SMILES string of the molecule is CCC(C)(C(Cc1ccccc1OC)NC)N(C)C. The molecule has 2 atom stereocenters. The molecule has 0 aliphatic heterocycles. The molecule has 0 saturated heterocycles. The molecule has 3 nitrogen and oxygen atoms in total. The van der Waals surface area contributed by atoms with Gasteiger partial charge in [-0.05, 0) is 52.5 Å². The number of hydrogen-bond acceptors (Lipinski definition) is 3. The Kier molecular flexibility index (Phi) is 5.83. The van der Waals surface area contributed by atoms with Crippen molar-refractivity contribution in [3.63, 3.8) is 0 Å². The minimum Gasteiger partial charge on any atom is -0.496 e. The first-order valence-electron chi connectivity index (χ1n) is 6.96. The highest BCUT2D eigenvalue weighted by molar-refractivity contribution is 5.34. The Bertz CT molecular complexity index is 392. The van der Waals surface area contributed by atoms with E-state index in [1.165, 1.54) is 5.56 Å². The Morgan fingerprint density at radius 3 is 2.42 bits per heavy atom. The Morgan fingerprint density at radius 2 is 1.95 bits per heavy atom. The molecule has 19 heavy (non-hydrogen) atoms. The third-order valence-electron chi connectivity index (χ3n) is 4.45. The molecule has 0 saturated carbocycles. The summed E-state index contributed by atoms with van der Waals surface area (Å²) >= 11 is 0. The van der Waals surface area contributed by atoms with Gasteiger partial charge in [0, 0.05) is 11.6 Å². The topological polar surface area (TPSA) is 24.5 Å². The van der Waals surface area contributed by atoms with Crippen LogP contribution in [0.15, 0.2) is 24.3 Å². The summed E-state index contributed by atoms with van der Waals surface area (Å²) in [5, 5.41) is 3.48. The van der Waals surface area contributed by atoms with Gasteiger partial charge in [0.15, 0.2) is 0 Å². The number of benzene rings is 1. The van der Waals surface area contributed by atoms with Crippen molar-refractivity contribution in [2.75, 3.05) is 28.3 Å². The summed E-state index contributed by atoms with van der Waals surface area (Å²) in [6.07, 6.45) is 2.06. The van der Waals surface area contributed by atoms with Crippen LogP contribution in [0.1, 0.15) is 25.8 Å². The van der Waals surface area contributed by atoms with Crippen LogP contribution in [-0.2, 0) is 6.42 Å². The van der Waals surface area contributed by atoms with Crippen LogP contribution in [0.5, 0.6) is 5.75 Å². The van der Waals surface area contributed by atoms with Gasteiger partial charge in [0.25, 0.3) is 0 Å². The van der Waals surface area contributed by atoms with Crippen molar-refractivity contribution >= 4 is 0 Å². The zero-order chi connectivity index (χ0) is 14.5. The average molecular weight is 264 g/mol. The molecule has 0 aromatic heterocycles. The molecule has 0 bridgehead atoms. The number of nitrogens with one attached hydrogen (secondary N) is 1. The number of nitrogens with zero attached hydrogens (tertiary/aromatic N) is 1. The van der Waals surface area contributed by atoms with E-state index in [0.717, 1.165) is 18.6 Å². The third-order valence-corrected chi connectivity index (χ3v) is 4.45. The lowest BCUT2D eigenvalue weighted by Crippen LogP contribution is -2.56. The van der Waals surface area contributed by atoms with E-state index in [2.05, 4.69) is 50.3 Å². The summed E-state index contributed by atoms with van der Waals surface area (Å²) in [5.74, 6) is 0.972. The molecule has 0 radical (unpaired) electrons. The molecule has 0 amide bonds. The van der Waals surface area contributed by atoms with Crippen molar-refractivity contribution in [1.82, 2.24) is 10.2 Å². The molecule has 1 aromatic carbocycles. The van der Waals surface area contributed by atoms with Crippen molar-refractivity contribution in [2.24, 2.45) is 0 Å². The van der Waals surface area contributed by atoms with Crippen molar-refractivity contribution in [3.8, 4) is 5.75 Å². The van der Waals surface area contributed by atoms with E-state index >= 15 is 0 Å². The van der Waals surface area contributed by atoms with Gasteiger partial charge in [0.2, 0.25) is 0 Å². The van der Waals surface area contributed by atoms with E-state index in [4.69, 9.17) is 4.74 Å². The van der Waals surface area contributed by atoms with Gasteiger partial charge in [-0.3, -0.25) is 0 Å². The first kappa shape index (κ1) is 16.0. The van der Waals surface area contributed by atoms with E-state index in [1.54, 1.807) is 7.11 Å². The van der Waals surface area contributed by atoms with Crippen LogP contribution in [0.25, 0.3) is 0 Å². The molecule has 1 aromatic rings. The van der Waals surface area contributed by atoms with E-state index in [9.17, 15) is 0 Å². The molecule has 1 rings (SSSR count). The van der Waals surface area contributed by atoms with Crippen LogP contribution in [0.3, 0.4) is 0 Å². The van der Waals surface area contributed by atoms with Crippen LogP contribution in [-0.4, -0.2) is 44.7 Å². The van der Waals surface area contributed by atoms with E-state index in [1.807, 2.05) is 19.2 Å². The molecule has 1 N–H and O–H groups in total. The lowest BCUT2D eigenvalue weighted by atomic mass is 9.84. The summed E-state index contributed by atoms with van der Waals surface area (Å²) < 4.78 is 5.46. The summed E-state index contributed by atoms with van der Waals surface area (Å²) in [4.78, 5) is 2.31. The predicted molar refractivity (Wildman–Crippen MR) is 81.9 cm³/mol. The summed E-state index contributed by atoms with van der Waals surface area (Å²) in [5.41, 5.74) is 1.38. The van der Waals surface area contributed by atoms with Crippen molar-refractivity contribution in [2.45, 2.75) is 38.3 Å². The largest absolute Gasteiger partial charge is 0.496 e. The van der Waals surface area contributed by atoms with Gasteiger partial charge in [-0.15, -0.1) is 0 Å². The van der Waals surface area contributed by atoms with Crippen LogP contribution in [0.2, 0.25) is 0 Å². The van der Waals surface area contributed by atoms with Gasteiger partial charge >= 0.3 is 0 Å². The summed E-state index contributed by atoms with van der Waals surface area (Å²) in [6.45, 7) is 4.55. The Hall–Kier alpha value is -1.06. The molecular weight excluding hydrogens is 236 g/mol. The maximum Gasteiger partial charge on any atom is 0.122 e. The fraction of sp³-hybridized carbons (Fsp3) is 0.625. The highest BCUT2D eigenvalue weighted by Crippen LogP contribution is 2.27. The monoisotopic (exact) mass is 264 g/mol. The maximum absolute atomic E-state index is 5.46. The number of likely N-dealkylation sites (N-methyl/N-ethyl adjacent to an activating group) is 2. The summed E-state index contributed by atoms with van der Waals surface area (Å²) in [6, 6.07) is 8.64. The van der Waals surface area contributed by atoms with E-state index < -0.39 is 0 Å². The van der Waals surface area contributed by atoms with Crippen LogP contribution in [0.4, 0.5) is 0 Å². The molecule has 2 unspecified atom stereocenters. The lowest BCUT2D eigenvalue weighted by molar-refractivity contribution is 0.116. The number of methoxy groups -OCH3 is 1. The zero-order valence-electron chi connectivity index (χ0n) is 13.2. The lowest BCUT2D eigenvalue weighted by Gasteiger charge is -2.43. The van der Waals surface area contributed by atoms with Gasteiger partial charge < -0.3 is 15.0 Å². The normalized spacial score (nSPS) is 16.2. The zero-order valence-corrected chi connectivity index (χ0v) is 13.2. The predicted octanol–water partition coefficient (Wildman–Crippen LogP) is 2.56. The molecule has 108 valence electrons. The van der Waals surface area contributed by atoms with Crippen LogP contribution in [0, 0.1) is 0 Å². The molecule has 3 heteroatoms. The third kappa shape index (κ3) is 3.48. The van der Waals surface area contributed by atoms with Crippen molar-refractivity contribution in [1.29, 1.82) is 0 Å². The van der Waals surface area contributed by atoms with E-state index in [0.29, 0.717) is 6.04 Å². The standard InChI is InChI=1S/C16H28N2O/c1-7-16(2,18(4)5)15(17-3)12-13-10-8-9-11-14(13)19-6/h8-11,15,17H,7,12H2,1-6H3. The first-order valence-corrected chi connectivity index (χ1v) is 6.96. The highest BCUT2D eigenvalue weighted by Gasteiger charge is 2.34. The number of para-hydroxylation sites is 1. The van der Waals surface area contributed by atoms with Crippen molar-refractivity contribution in [3.05, 3.63) is 29.8 Å². The average Bonchev–Trinajstić information content (AvgIpc) is 2.43. The van der Waals surface area contributed by atoms with E-state index in [-0.39, 0.29) is 5.54 Å². The highest BCUT2D eigenvalue weighted by atomic mass is 16.5. The smallest absolute Gasteiger partial charge is 0.122 e. The Labute approximate surface area is 118 Å². The fourth-order valence-electron chi connectivity index (χ4n) is 2.60. The maximum atomic E-state index is 5.46. The fourth-order valence-corrected chi connectivity index (χ4v) is 2.60. The summed E-state index contributed by atoms with van der Waals surface area (Å²) in [7, 11) is 8.07. The van der Waals surface area contributed by atoms with Crippen molar-refractivity contribution < 1.29 is 4.74 Å².